The lowest BCUT2D eigenvalue weighted by Crippen LogP contribution is -2.55. The third kappa shape index (κ3) is 3.41. The van der Waals surface area contributed by atoms with Gasteiger partial charge in [0.25, 0.3) is 5.19 Å². The Morgan fingerprint density at radius 1 is 1.22 bits per heavy atom. The Kier molecular flexibility index (Phi) is 4.20. The molecule has 1 aromatic heterocycles. The van der Waals surface area contributed by atoms with E-state index in [0.29, 0.717) is 23.2 Å². The number of ether oxygens (including phenoxy) is 1. The van der Waals surface area contributed by atoms with Crippen molar-refractivity contribution in [2.75, 3.05) is 13.1 Å². The third-order valence-electron chi connectivity index (χ3n) is 3.85. The summed E-state index contributed by atoms with van der Waals surface area (Å²) in [6.45, 7) is 7.04. The highest BCUT2D eigenvalue weighted by molar-refractivity contribution is 7.89. The summed E-state index contributed by atoms with van der Waals surface area (Å²) in [7, 11) is -3.44. The minimum absolute atomic E-state index is 0.00564. The maximum absolute atomic E-state index is 12.6. The van der Waals surface area contributed by atoms with Gasteiger partial charge in [0.05, 0.1) is 18.0 Å². The normalized spacial score (nSPS) is 17.0. The van der Waals surface area contributed by atoms with Gasteiger partial charge in [-0.2, -0.15) is 4.31 Å². The number of hydrogen-bond acceptors (Lipinski definition) is 5. The van der Waals surface area contributed by atoms with E-state index in [1.807, 2.05) is 17.5 Å². The van der Waals surface area contributed by atoms with Crippen LogP contribution < -0.4 is 4.74 Å². The van der Waals surface area contributed by atoms with Crippen molar-refractivity contribution in [2.24, 2.45) is 0 Å². The van der Waals surface area contributed by atoms with E-state index < -0.39 is 10.0 Å². The van der Waals surface area contributed by atoms with E-state index in [1.54, 1.807) is 18.3 Å². The van der Waals surface area contributed by atoms with Crippen LogP contribution in [0.2, 0.25) is 0 Å². The highest BCUT2D eigenvalue weighted by Crippen LogP contribution is 2.28. The van der Waals surface area contributed by atoms with Crippen molar-refractivity contribution in [3.05, 3.63) is 41.4 Å². The fourth-order valence-electron chi connectivity index (χ4n) is 2.36. The number of hydrogen-bond donors (Lipinski definition) is 0. The predicted octanol–water partition coefficient (Wildman–Crippen LogP) is 2.89. The van der Waals surface area contributed by atoms with Gasteiger partial charge in [-0.25, -0.2) is 13.4 Å². The molecule has 0 bridgehead atoms. The van der Waals surface area contributed by atoms with E-state index in [2.05, 4.69) is 25.8 Å². The van der Waals surface area contributed by atoms with Crippen LogP contribution >= 0.6 is 11.3 Å². The van der Waals surface area contributed by atoms with Gasteiger partial charge in [0.15, 0.2) is 0 Å². The largest absolute Gasteiger partial charge is 0.464 e. The topological polar surface area (TPSA) is 59.5 Å². The van der Waals surface area contributed by atoms with Crippen LogP contribution in [0.5, 0.6) is 5.19 Å². The summed E-state index contributed by atoms with van der Waals surface area (Å²) >= 11 is 1.41. The van der Waals surface area contributed by atoms with Crippen molar-refractivity contribution in [1.82, 2.24) is 9.29 Å². The smallest absolute Gasteiger partial charge is 0.273 e. The van der Waals surface area contributed by atoms with Crippen molar-refractivity contribution >= 4 is 21.4 Å². The van der Waals surface area contributed by atoms with Gasteiger partial charge in [-0.15, -0.1) is 0 Å². The standard InChI is InChI=1S/C16H20N2O3S2/c1-16(2,3)12-4-6-14(7-5-12)23(19,20)18-10-13(11-18)21-15-17-8-9-22-15/h4-9,13H,10-11H2,1-3H3. The van der Waals surface area contributed by atoms with Gasteiger partial charge in [0, 0.05) is 11.6 Å². The zero-order valence-electron chi connectivity index (χ0n) is 13.4. The third-order valence-corrected chi connectivity index (χ3v) is 6.36. The number of nitrogens with zero attached hydrogens (tertiary/aromatic N) is 2. The number of thiazole rings is 1. The number of sulfonamides is 1. The summed E-state index contributed by atoms with van der Waals surface area (Å²) in [4.78, 5) is 4.38. The monoisotopic (exact) mass is 352 g/mol. The summed E-state index contributed by atoms with van der Waals surface area (Å²) in [5.41, 5.74) is 1.12. The minimum Gasteiger partial charge on any atom is -0.464 e. The molecule has 2 aromatic rings. The van der Waals surface area contributed by atoms with E-state index >= 15 is 0 Å². The Bertz CT molecular complexity index is 757. The van der Waals surface area contributed by atoms with Crippen LogP contribution in [-0.4, -0.2) is 36.9 Å². The summed E-state index contributed by atoms with van der Waals surface area (Å²) in [6, 6.07) is 7.14. The molecule has 0 spiro atoms. The molecule has 0 aliphatic carbocycles. The highest BCUT2D eigenvalue weighted by atomic mass is 32.2. The SMILES string of the molecule is CC(C)(C)c1ccc(S(=O)(=O)N2CC(Oc3nccs3)C2)cc1. The molecule has 1 fully saturated rings. The molecule has 2 heterocycles. The molecule has 3 rings (SSSR count). The molecular formula is C16H20N2O3S2. The van der Waals surface area contributed by atoms with Gasteiger partial charge < -0.3 is 4.74 Å². The average molecular weight is 352 g/mol. The molecule has 0 unspecified atom stereocenters. The summed E-state index contributed by atoms with van der Waals surface area (Å²) in [5.74, 6) is 0. The van der Waals surface area contributed by atoms with Crippen LogP contribution in [0.3, 0.4) is 0 Å². The lowest BCUT2D eigenvalue weighted by Gasteiger charge is -2.37. The molecular weight excluding hydrogens is 332 g/mol. The molecule has 1 saturated heterocycles. The van der Waals surface area contributed by atoms with Gasteiger partial charge >= 0.3 is 0 Å². The van der Waals surface area contributed by atoms with Gasteiger partial charge in [-0.3, -0.25) is 0 Å². The van der Waals surface area contributed by atoms with Crippen LogP contribution in [0.15, 0.2) is 40.7 Å². The first-order valence-corrected chi connectivity index (χ1v) is 9.75. The van der Waals surface area contributed by atoms with Crippen LogP contribution in [-0.2, 0) is 15.4 Å². The van der Waals surface area contributed by atoms with E-state index in [-0.39, 0.29) is 11.5 Å². The molecule has 1 aliphatic rings. The maximum atomic E-state index is 12.6. The average Bonchev–Trinajstić information content (AvgIpc) is 2.94. The number of benzene rings is 1. The molecule has 1 aromatic carbocycles. The lowest BCUT2D eigenvalue weighted by atomic mass is 9.87. The molecule has 0 radical (unpaired) electrons. The van der Waals surface area contributed by atoms with E-state index in [0.717, 1.165) is 5.56 Å². The minimum atomic E-state index is -3.44. The van der Waals surface area contributed by atoms with Crippen LogP contribution in [0.25, 0.3) is 0 Å². The van der Waals surface area contributed by atoms with Crippen molar-refractivity contribution in [1.29, 1.82) is 0 Å². The lowest BCUT2D eigenvalue weighted by molar-refractivity contribution is 0.0759. The van der Waals surface area contributed by atoms with Crippen LogP contribution in [0.4, 0.5) is 0 Å². The van der Waals surface area contributed by atoms with Crippen LogP contribution in [0.1, 0.15) is 26.3 Å². The quantitative estimate of drug-likeness (QED) is 0.849. The maximum Gasteiger partial charge on any atom is 0.273 e. The number of rotatable bonds is 4. The van der Waals surface area contributed by atoms with E-state index in [4.69, 9.17) is 4.74 Å². The molecule has 0 saturated carbocycles. The molecule has 1 aliphatic heterocycles. The first-order valence-electron chi connectivity index (χ1n) is 7.44. The van der Waals surface area contributed by atoms with Crippen molar-refractivity contribution in [3.8, 4) is 5.19 Å². The Morgan fingerprint density at radius 2 is 1.87 bits per heavy atom. The Balaban J connectivity index is 1.66. The van der Waals surface area contributed by atoms with Crippen LogP contribution in [0, 0.1) is 0 Å². The number of aromatic nitrogens is 1. The molecule has 5 nitrogen and oxygen atoms in total. The highest BCUT2D eigenvalue weighted by Gasteiger charge is 2.38. The zero-order chi connectivity index (χ0) is 16.7. The molecule has 0 amide bonds. The molecule has 124 valence electrons. The van der Waals surface area contributed by atoms with E-state index in [1.165, 1.54) is 15.6 Å². The van der Waals surface area contributed by atoms with Gasteiger partial charge in [-0.1, -0.05) is 44.2 Å². The summed E-state index contributed by atoms with van der Waals surface area (Å²) < 4.78 is 32.2. The molecule has 0 N–H and O–H groups in total. The Hall–Kier alpha value is -1.44. The molecule has 7 heteroatoms. The van der Waals surface area contributed by atoms with Gasteiger partial charge in [0.2, 0.25) is 10.0 Å². The van der Waals surface area contributed by atoms with Gasteiger partial charge in [-0.05, 0) is 23.1 Å². The first kappa shape index (κ1) is 16.4. The summed E-state index contributed by atoms with van der Waals surface area (Å²) in [6.07, 6.45) is 1.55. The van der Waals surface area contributed by atoms with E-state index in [9.17, 15) is 8.42 Å². The fourth-order valence-corrected chi connectivity index (χ4v) is 4.41. The second-order valence-electron chi connectivity index (χ2n) is 6.63. The Morgan fingerprint density at radius 3 is 2.39 bits per heavy atom. The van der Waals surface area contributed by atoms with Crippen molar-refractivity contribution < 1.29 is 13.2 Å². The first-order chi connectivity index (χ1) is 10.8. The van der Waals surface area contributed by atoms with Gasteiger partial charge in [0.1, 0.15) is 6.10 Å². The predicted molar refractivity (Wildman–Crippen MR) is 90.4 cm³/mol. The van der Waals surface area contributed by atoms with Crippen molar-refractivity contribution in [3.63, 3.8) is 0 Å². The van der Waals surface area contributed by atoms with Crippen molar-refractivity contribution in [2.45, 2.75) is 37.2 Å². The second-order valence-corrected chi connectivity index (χ2v) is 9.43. The molecule has 23 heavy (non-hydrogen) atoms. The Labute approximate surface area is 141 Å². The second kappa shape index (κ2) is 5.89. The fraction of sp³-hybridized carbons (Fsp3) is 0.438. The summed E-state index contributed by atoms with van der Waals surface area (Å²) in [5, 5.41) is 2.42. The zero-order valence-corrected chi connectivity index (χ0v) is 15.0. The molecule has 0 atom stereocenters.